The van der Waals surface area contributed by atoms with Crippen LogP contribution in [0.2, 0.25) is 0 Å². The second kappa shape index (κ2) is 8.69. The summed E-state index contributed by atoms with van der Waals surface area (Å²) in [4.78, 5) is 12.5. The number of rotatable bonds is 7. The van der Waals surface area contributed by atoms with Gasteiger partial charge in [-0.15, -0.1) is 0 Å². The zero-order valence-corrected chi connectivity index (χ0v) is 16.2. The molecule has 3 rings (SSSR count). The van der Waals surface area contributed by atoms with E-state index in [1.807, 2.05) is 25.1 Å². The topological polar surface area (TPSA) is 82.9 Å². The maximum absolute atomic E-state index is 13.2. The number of carbonyl (C=O) groups is 1. The largest absolute Gasteiger partial charge is 0.468 e. The number of hydrogen-bond donors (Lipinski definition) is 1. The number of furan rings is 1. The Labute approximate surface area is 160 Å². The average molecular weight is 391 g/mol. The molecule has 1 saturated heterocycles. The van der Waals surface area contributed by atoms with Crippen LogP contribution in [0.3, 0.4) is 0 Å². The summed E-state index contributed by atoms with van der Waals surface area (Å²) in [6.45, 7) is 2.73. The predicted molar refractivity (Wildman–Crippen MR) is 103 cm³/mol. The molecule has 1 atom stereocenters. The molecule has 0 unspecified atom stereocenters. The fourth-order valence-electron chi connectivity index (χ4n) is 3.20. The highest BCUT2D eigenvalue weighted by atomic mass is 32.2. The molecular formula is C19H25N3O4S. The molecule has 2 heterocycles. The molecule has 27 heavy (non-hydrogen) atoms. The molecule has 0 saturated carbocycles. The van der Waals surface area contributed by atoms with E-state index in [1.54, 1.807) is 24.3 Å². The quantitative estimate of drug-likeness (QED) is 0.787. The molecule has 1 aliphatic heterocycles. The lowest BCUT2D eigenvalue weighted by Crippen LogP contribution is -2.49. The van der Waals surface area contributed by atoms with E-state index in [1.165, 1.54) is 14.9 Å². The van der Waals surface area contributed by atoms with Crippen LogP contribution in [0.5, 0.6) is 0 Å². The first kappa shape index (κ1) is 19.6. The van der Waals surface area contributed by atoms with Crippen molar-refractivity contribution in [2.24, 2.45) is 5.92 Å². The predicted octanol–water partition coefficient (Wildman–Crippen LogP) is 2.70. The minimum Gasteiger partial charge on any atom is -0.468 e. The van der Waals surface area contributed by atoms with Crippen molar-refractivity contribution in [3.05, 3.63) is 54.5 Å². The summed E-state index contributed by atoms with van der Waals surface area (Å²) in [5, 5.41) is 2.74. The Bertz CT molecular complexity index is 837. The van der Waals surface area contributed by atoms with Gasteiger partial charge in [0.1, 0.15) is 5.76 Å². The van der Waals surface area contributed by atoms with E-state index in [0.29, 0.717) is 30.5 Å². The lowest BCUT2D eigenvalue weighted by atomic mass is 10.0. The molecule has 1 aromatic carbocycles. The van der Waals surface area contributed by atoms with Gasteiger partial charge in [0.25, 0.3) is 10.2 Å². The molecule has 0 aliphatic carbocycles. The number of anilines is 1. The SMILES string of the molecule is C[C@H]1CCCN(S(=O)(=O)N(CC(=O)Nc2ccccc2)Cc2ccco2)C1. The number of para-hydroxylation sites is 1. The Morgan fingerprint density at radius 3 is 2.70 bits per heavy atom. The molecule has 1 fully saturated rings. The molecule has 0 bridgehead atoms. The summed E-state index contributed by atoms with van der Waals surface area (Å²) in [5.74, 6) is 0.412. The number of nitrogens with zero attached hydrogens (tertiary/aromatic N) is 2. The highest BCUT2D eigenvalue weighted by Gasteiger charge is 2.34. The summed E-state index contributed by atoms with van der Waals surface area (Å²) < 4.78 is 34.3. The Morgan fingerprint density at radius 2 is 2.04 bits per heavy atom. The lowest BCUT2D eigenvalue weighted by molar-refractivity contribution is -0.116. The third-order valence-electron chi connectivity index (χ3n) is 4.56. The number of nitrogens with one attached hydrogen (secondary N) is 1. The van der Waals surface area contributed by atoms with Crippen molar-refractivity contribution < 1.29 is 17.6 Å². The van der Waals surface area contributed by atoms with Gasteiger partial charge >= 0.3 is 0 Å². The minimum absolute atomic E-state index is 0.0163. The van der Waals surface area contributed by atoms with Crippen LogP contribution in [0.15, 0.2) is 53.1 Å². The van der Waals surface area contributed by atoms with Crippen LogP contribution in [0.1, 0.15) is 25.5 Å². The van der Waals surface area contributed by atoms with Crippen LogP contribution in [0, 0.1) is 5.92 Å². The van der Waals surface area contributed by atoms with Crippen molar-refractivity contribution in [2.45, 2.75) is 26.3 Å². The van der Waals surface area contributed by atoms with Gasteiger partial charge in [0, 0.05) is 18.8 Å². The Morgan fingerprint density at radius 1 is 1.26 bits per heavy atom. The van der Waals surface area contributed by atoms with Crippen molar-refractivity contribution in [1.82, 2.24) is 8.61 Å². The molecular weight excluding hydrogens is 366 g/mol. The van der Waals surface area contributed by atoms with Gasteiger partial charge in [-0.25, -0.2) is 0 Å². The van der Waals surface area contributed by atoms with E-state index in [2.05, 4.69) is 5.32 Å². The van der Waals surface area contributed by atoms with Gasteiger partial charge in [-0.1, -0.05) is 25.1 Å². The van der Waals surface area contributed by atoms with Crippen LogP contribution in [-0.4, -0.2) is 42.6 Å². The van der Waals surface area contributed by atoms with E-state index in [9.17, 15) is 13.2 Å². The van der Waals surface area contributed by atoms with Gasteiger partial charge in [0.05, 0.1) is 19.4 Å². The van der Waals surface area contributed by atoms with Crippen LogP contribution < -0.4 is 5.32 Å². The Kier molecular flexibility index (Phi) is 6.30. The summed E-state index contributed by atoms with van der Waals surface area (Å²) in [6, 6.07) is 12.4. The second-order valence-corrected chi connectivity index (χ2v) is 8.80. The molecule has 1 aromatic heterocycles. The molecule has 1 aliphatic rings. The zero-order valence-electron chi connectivity index (χ0n) is 15.4. The number of benzene rings is 1. The first-order chi connectivity index (χ1) is 12.9. The molecule has 0 radical (unpaired) electrons. The van der Waals surface area contributed by atoms with Crippen molar-refractivity contribution in [3.63, 3.8) is 0 Å². The van der Waals surface area contributed by atoms with Gasteiger partial charge in [-0.05, 0) is 43.0 Å². The molecule has 2 aromatic rings. The molecule has 1 N–H and O–H groups in total. The molecule has 7 nitrogen and oxygen atoms in total. The van der Waals surface area contributed by atoms with Crippen molar-refractivity contribution >= 4 is 21.8 Å². The van der Waals surface area contributed by atoms with Gasteiger partial charge < -0.3 is 9.73 Å². The van der Waals surface area contributed by atoms with E-state index in [0.717, 1.165) is 12.8 Å². The van der Waals surface area contributed by atoms with Crippen LogP contribution >= 0.6 is 0 Å². The second-order valence-electron chi connectivity index (χ2n) is 6.87. The third-order valence-corrected chi connectivity index (χ3v) is 6.46. The smallest absolute Gasteiger partial charge is 0.282 e. The van der Waals surface area contributed by atoms with E-state index in [-0.39, 0.29) is 19.0 Å². The number of piperidine rings is 1. The van der Waals surface area contributed by atoms with Crippen LogP contribution in [0.25, 0.3) is 0 Å². The summed E-state index contributed by atoms with van der Waals surface area (Å²) >= 11 is 0. The minimum atomic E-state index is -3.77. The van der Waals surface area contributed by atoms with Gasteiger partial charge in [0.15, 0.2) is 0 Å². The van der Waals surface area contributed by atoms with E-state index < -0.39 is 10.2 Å². The van der Waals surface area contributed by atoms with Crippen LogP contribution in [-0.2, 0) is 21.5 Å². The highest BCUT2D eigenvalue weighted by Crippen LogP contribution is 2.22. The van der Waals surface area contributed by atoms with Crippen molar-refractivity contribution in [1.29, 1.82) is 0 Å². The van der Waals surface area contributed by atoms with Gasteiger partial charge in [0.2, 0.25) is 5.91 Å². The molecule has 146 valence electrons. The standard InChI is InChI=1S/C19H25N3O4S/c1-16-7-5-11-21(13-16)27(24,25)22(14-18-10-6-12-26-18)15-19(23)20-17-8-3-2-4-9-17/h2-4,6,8-10,12,16H,5,7,11,13-15H2,1H3,(H,20,23)/t16-/m0/s1. The van der Waals surface area contributed by atoms with Crippen LogP contribution in [0.4, 0.5) is 5.69 Å². The molecule has 1 amide bonds. The molecule has 0 spiro atoms. The Balaban J connectivity index is 1.76. The third kappa shape index (κ3) is 5.18. The zero-order chi connectivity index (χ0) is 19.3. The number of amides is 1. The number of carbonyl (C=O) groups excluding carboxylic acids is 1. The fourth-order valence-corrected chi connectivity index (χ4v) is 4.90. The van der Waals surface area contributed by atoms with Crippen molar-refractivity contribution in [3.8, 4) is 0 Å². The van der Waals surface area contributed by atoms with Gasteiger partial charge in [-0.3, -0.25) is 4.79 Å². The normalized spacial score (nSPS) is 18.5. The first-order valence-corrected chi connectivity index (χ1v) is 10.5. The fraction of sp³-hybridized carbons (Fsp3) is 0.421. The maximum atomic E-state index is 13.2. The first-order valence-electron chi connectivity index (χ1n) is 9.07. The average Bonchev–Trinajstić information content (AvgIpc) is 3.15. The highest BCUT2D eigenvalue weighted by molar-refractivity contribution is 7.86. The van der Waals surface area contributed by atoms with E-state index in [4.69, 9.17) is 4.42 Å². The summed E-state index contributed by atoms with van der Waals surface area (Å²) in [6.07, 6.45) is 3.33. The summed E-state index contributed by atoms with van der Waals surface area (Å²) in [7, 11) is -3.77. The van der Waals surface area contributed by atoms with Gasteiger partial charge in [-0.2, -0.15) is 17.0 Å². The van der Waals surface area contributed by atoms with Crippen molar-refractivity contribution in [2.75, 3.05) is 25.0 Å². The maximum Gasteiger partial charge on any atom is 0.282 e. The lowest BCUT2D eigenvalue weighted by Gasteiger charge is -2.34. The number of hydrogen-bond acceptors (Lipinski definition) is 4. The monoisotopic (exact) mass is 391 g/mol. The summed E-state index contributed by atoms with van der Waals surface area (Å²) in [5.41, 5.74) is 0.629. The van der Waals surface area contributed by atoms with E-state index >= 15 is 0 Å². The Hall–Kier alpha value is -2.16. The molecule has 8 heteroatoms.